The Bertz CT molecular complexity index is 939. The smallest absolute Gasteiger partial charge is 0.265 e. The van der Waals surface area contributed by atoms with Crippen LogP contribution in [-0.2, 0) is 23.7 Å². The maximum Gasteiger partial charge on any atom is 0.265 e. The van der Waals surface area contributed by atoms with Crippen molar-refractivity contribution in [2.45, 2.75) is 0 Å². The molecular formula is C14H14N4O4S2. The normalized spacial score (nSPS) is 17.0. The third-order valence-electron chi connectivity index (χ3n) is 3.50. The van der Waals surface area contributed by atoms with Gasteiger partial charge in [0.15, 0.2) is 9.88 Å². The van der Waals surface area contributed by atoms with E-state index in [9.17, 15) is 19.5 Å². The second-order valence-corrected chi connectivity index (χ2v) is 5.76. The van der Waals surface area contributed by atoms with Crippen molar-refractivity contribution in [2.75, 3.05) is 7.05 Å². The molecular weight excluding hydrogens is 352 g/mol. The van der Waals surface area contributed by atoms with Gasteiger partial charge < -0.3 is 5.11 Å². The molecule has 2 rings (SSSR count). The summed E-state index contributed by atoms with van der Waals surface area (Å²) >= 11 is 9.85. The van der Waals surface area contributed by atoms with Gasteiger partial charge in [-0.1, -0.05) is 6.08 Å². The van der Waals surface area contributed by atoms with E-state index in [0.717, 1.165) is 4.90 Å². The monoisotopic (exact) mass is 366 g/mol. The topological polar surface area (TPSA) is 96.6 Å². The number of hydrogen-bond donors (Lipinski definition) is 2. The lowest BCUT2D eigenvalue weighted by atomic mass is 10.1. The number of nitrogens with one attached hydrogen (secondary N) is 1. The summed E-state index contributed by atoms with van der Waals surface area (Å²) in [5.74, 6) is -1.50. The van der Waals surface area contributed by atoms with Crippen LogP contribution >= 0.6 is 24.4 Å². The van der Waals surface area contributed by atoms with Crippen molar-refractivity contribution in [3.63, 3.8) is 0 Å². The van der Waals surface area contributed by atoms with E-state index in [1.807, 2.05) is 0 Å². The fourth-order valence-electron chi connectivity index (χ4n) is 2.01. The average Bonchev–Trinajstić information content (AvgIpc) is 2.55. The number of allylic oxidation sites excluding steroid dienone is 2. The molecule has 0 unspecified atom stereocenters. The molecule has 0 aromatic carbocycles. The summed E-state index contributed by atoms with van der Waals surface area (Å²) in [4.78, 5) is 37.1. The molecule has 1 fully saturated rings. The van der Waals surface area contributed by atoms with Crippen molar-refractivity contribution < 1.29 is 14.7 Å². The van der Waals surface area contributed by atoms with Gasteiger partial charge in [0, 0.05) is 21.1 Å². The predicted octanol–water partition coefficient (Wildman–Crippen LogP) is -0.0284. The summed E-state index contributed by atoms with van der Waals surface area (Å²) < 4.78 is 2.63. The van der Waals surface area contributed by atoms with Crippen molar-refractivity contribution in [3.8, 4) is 5.88 Å². The van der Waals surface area contributed by atoms with E-state index in [4.69, 9.17) is 24.4 Å². The molecule has 10 heteroatoms. The SMILES string of the molecule is CN1C(=O)/C(=C\C=C\c2c(O)n(C)c(=S)n(C)c2=O)C(=O)NC1=S. The number of amides is 2. The molecule has 126 valence electrons. The first kappa shape index (κ1) is 17.8. The molecule has 1 saturated heterocycles. The van der Waals surface area contributed by atoms with Crippen molar-refractivity contribution in [1.82, 2.24) is 19.4 Å². The first-order chi connectivity index (χ1) is 11.2. The van der Waals surface area contributed by atoms with Gasteiger partial charge in [0.2, 0.25) is 5.88 Å². The number of thiocarbonyl (C=S) groups is 1. The maximum atomic E-state index is 12.1. The molecule has 2 heterocycles. The van der Waals surface area contributed by atoms with Crippen molar-refractivity contribution in [1.29, 1.82) is 0 Å². The minimum absolute atomic E-state index is 0.0157. The molecule has 1 aliphatic heterocycles. The van der Waals surface area contributed by atoms with Crippen LogP contribution < -0.4 is 10.9 Å². The second-order valence-electron chi connectivity index (χ2n) is 5.01. The highest BCUT2D eigenvalue weighted by molar-refractivity contribution is 7.80. The van der Waals surface area contributed by atoms with Gasteiger partial charge in [0.1, 0.15) is 11.1 Å². The van der Waals surface area contributed by atoms with E-state index in [0.29, 0.717) is 0 Å². The summed E-state index contributed by atoms with van der Waals surface area (Å²) in [5, 5.41) is 12.4. The first-order valence-electron chi connectivity index (χ1n) is 6.67. The standard InChI is InChI=1S/C14H14N4O4S2/c1-16-10(20)7(9(19)15-13(16)23)5-4-6-8-11(21)17(2)14(24)18(3)12(8)22/h4-6,21H,1-3H3,(H,15,19,23)/b6-4+,7-5-. The van der Waals surface area contributed by atoms with Crippen LogP contribution in [0.1, 0.15) is 5.56 Å². The van der Waals surface area contributed by atoms with E-state index in [2.05, 4.69) is 5.32 Å². The largest absolute Gasteiger partial charge is 0.494 e. The second kappa shape index (κ2) is 6.49. The van der Waals surface area contributed by atoms with Gasteiger partial charge in [-0.2, -0.15) is 0 Å². The zero-order chi connectivity index (χ0) is 18.2. The Morgan fingerprint density at radius 3 is 2.33 bits per heavy atom. The fraction of sp³-hybridized carbons (Fsp3) is 0.214. The van der Waals surface area contributed by atoms with Crippen molar-refractivity contribution in [3.05, 3.63) is 38.4 Å². The van der Waals surface area contributed by atoms with Gasteiger partial charge in [0.25, 0.3) is 17.4 Å². The molecule has 0 bridgehead atoms. The Morgan fingerprint density at radius 2 is 1.71 bits per heavy atom. The van der Waals surface area contributed by atoms with Crippen LogP contribution in [0.2, 0.25) is 0 Å². The van der Waals surface area contributed by atoms with Crippen molar-refractivity contribution >= 4 is 47.4 Å². The molecule has 1 aromatic rings. The number of carbonyl (C=O) groups is 2. The Morgan fingerprint density at radius 1 is 1.08 bits per heavy atom. The lowest BCUT2D eigenvalue weighted by Crippen LogP contribution is -2.52. The van der Waals surface area contributed by atoms with Crippen LogP contribution in [0.25, 0.3) is 6.08 Å². The molecule has 0 spiro atoms. The van der Waals surface area contributed by atoms with E-state index < -0.39 is 17.4 Å². The molecule has 0 saturated carbocycles. The summed E-state index contributed by atoms with van der Waals surface area (Å²) in [7, 11) is 4.43. The number of carbonyl (C=O) groups excluding carboxylic acids is 2. The highest BCUT2D eigenvalue weighted by Gasteiger charge is 2.30. The molecule has 24 heavy (non-hydrogen) atoms. The van der Waals surface area contributed by atoms with Gasteiger partial charge in [-0.25, -0.2) is 0 Å². The minimum Gasteiger partial charge on any atom is -0.494 e. The van der Waals surface area contributed by atoms with E-state index in [1.165, 1.54) is 48.5 Å². The minimum atomic E-state index is -0.628. The van der Waals surface area contributed by atoms with Crippen LogP contribution in [0.3, 0.4) is 0 Å². The maximum absolute atomic E-state index is 12.1. The van der Waals surface area contributed by atoms with E-state index >= 15 is 0 Å². The van der Waals surface area contributed by atoms with Crippen LogP contribution in [0, 0.1) is 4.77 Å². The number of aromatic hydroxyl groups is 1. The number of likely N-dealkylation sites (N-methyl/N-ethyl adjacent to an activating group) is 1. The summed E-state index contributed by atoms with van der Waals surface area (Å²) in [5.41, 5.74) is -0.649. The Balaban J connectivity index is 2.45. The third-order valence-corrected chi connectivity index (χ3v) is 4.42. The molecule has 2 N–H and O–H groups in total. The third kappa shape index (κ3) is 2.93. The number of aromatic nitrogens is 2. The molecule has 0 atom stereocenters. The zero-order valence-corrected chi connectivity index (χ0v) is 14.7. The number of nitrogens with zero attached hydrogens (tertiary/aromatic N) is 3. The summed E-state index contributed by atoms with van der Waals surface area (Å²) in [6.45, 7) is 0. The number of rotatable bonds is 2. The zero-order valence-electron chi connectivity index (χ0n) is 13.1. The van der Waals surface area contributed by atoms with Gasteiger partial charge in [-0.05, 0) is 36.6 Å². The lowest BCUT2D eigenvalue weighted by molar-refractivity contribution is -0.128. The van der Waals surface area contributed by atoms with Gasteiger partial charge in [-0.15, -0.1) is 0 Å². The van der Waals surface area contributed by atoms with Gasteiger partial charge >= 0.3 is 0 Å². The Hall–Kier alpha value is -2.59. The molecule has 0 radical (unpaired) electrons. The van der Waals surface area contributed by atoms with Crippen LogP contribution in [0.4, 0.5) is 0 Å². The summed E-state index contributed by atoms with van der Waals surface area (Å²) in [6.07, 6.45) is 3.87. The predicted molar refractivity (Wildman–Crippen MR) is 93.8 cm³/mol. The highest BCUT2D eigenvalue weighted by Crippen LogP contribution is 2.14. The van der Waals surface area contributed by atoms with Crippen LogP contribution in [0.5, 0.6) is 5.88 Å². The van der Waals surface area contributed by atoms with Crippen LogP contribution in [-0.4, -0.2) is 43.1 Å². The quantitative estimate of drug-likeness (QED) is 0.434. The van der Waals surface area contributed by atoms with E-state index in [-0.39, 0.29) is 26.9 Å². The Kier molecular flexibility index (Phi) is 4.81. The van der Waals surface area contributed by atoms with Gasteiger partial charge in [-0.3, -0.25) is 33.7 Å². The summed E-state index contributed by atoms with van der Waals surface area (Å²) in [6, 6.07) is 0. The molecule has 0 aliphatic carbocycles. The van der Waals surface area contributed by atoms with Gasteiger partial charge in [0.05, 0.1) is 0 Å². The van der Waals surface area contributed by atoms with Crippen molar-refractivity contribution in [2.24, 2.45) is 14.1 Å². The highest BCUT2D eigenvalue weighted by atomic mass is 32.1. The molecule has 1 aromatic heterocycles. The average molecular weight is 366 g/mol. The molecule has 2 amide bonds. The number of hydrogen-bond acceptors (Lipinski definition) is 6. The van der Waals surface area contributed by atoms with Crippen LogP contribution in [0.15, 0.2) is 22.5 Å². The fourth-order valence-corrected chi connectivity index (χ4v) is 2.36. The Labute approximate surface area is 147 Å². The molecule has 8 nitrogen and oxygen atoms in total. The molecule has 1 aliphatic rings. The lowest BCUT2D eigenvalue weighted by Gasteiger charge is -2.24. The first-order valence-corrected chi connectivity index (χ1v) is 7.49. The van der Waals surface area contributed by atoms with E-state index in [1.54, 1.807) is 0 Å².